The fourth-order valence-electron chi connectivity index (χ4n) is 6.85. The topological polar surface area (TPSA) is 197 Å². The number of anilines is 1. The van der Waals surface area contributed by atoms with E-state index >= 15 is 0 Å². The number of primary amides is 1. The van der Waals surface area contributed by atoms with Gasteiger partial charge in [0.25, 0.3) is 5.91 Å². The van der Waals surface area contributed by atoms with E-state index in [1.54, 1.807) is 0 Å². The van der Waals surface area contributed by atoms with E-state index in [1.807, 2.05) is 55.4 Å². The molecule has 1 heterocycles. The number of nitrogens with two attached hydrogens (primary N) is 1. The molecule has 5 amide bonds. The zero-order valence-corrected chi connectivity index (χ0v) is 30.4. The Morgan fingerprint density at radius 3 is 2.00 bits per heavy atom. The third-order valence-corrected chi connectivity index (χ3v) is 10.7. The van der Waals surface area contributed by atoms with Gasteiger partial charge in [-0.15, -0.1) is 0 Å². The van der Waals surface area contributed by atoms with Crippen LogP contribution in [0.5, 0.6) is 0 Å². The number of likely N-dealkylation sites (tertiary alicyclic amines) is 1. The van der Waals surface area contributed by atoms with Crippen molar-refractivity contribution in [3.8, 4) is 0 Å². The molecule has 1 aromatic rings. The van der Waals surface area contributed by atoms with Crippen molar-refractivity contribution in [3.63, 3.8) is 0 Å². The zero-order valence-electron chi connectivity index (χ0n) is 30.4. The van der Waals surface area contributed by atoms with Crippen LogP contribution in [0.25, 0.3) is 0 Å². The average Bonchev–Trinajstić information content (AvgIpc) is 3.70. The summed E-state index contributed by atoms with van der Waals surface area (Å²) in [6.45, 7) is 15.8. The lowest BCUT2D eigenvalue weighted by atomic mass is 9.80. The third-order valence-electron chi connectivity index (χ3n) is 10.7. The highest BCUT2D eigenvalue weighted by atomic mass is 16.2. The summed E-state index contributed by atoms with van der Waals surface area (Å²) in [7, 11) is 0. The van der Waals surface area contributed by atoms with Gasteiger partial charge in [-0.3, -0.25) is 28.8 Å². The molecular weight excluding hydrogens is 628 g/mol. The molecule has 3 aliphatic rings. The van der Waals surface area contributed by atoms with Gasteiger partial charge in [0.05, 0.1) is 17.8 Å². The number of rotatable bonds is 14. The first-order valence-electron chi connectivity index (χ1n) is 17.8. The maximum absolute atomic E-state index is 14.4. The first-order chi connectivity index (χ1) is 22.7. The van der Waals surface area contributed by atoms with Crippen LogP contribution in [0.3, 0.4) is 0 Å². The fraction of sp³-hybridized carbons (Fsp3) is 0.750. The minimum Gasteiger partial charge on any atom is -0.379 e. The molecule has 1 saturated heterocycles. The van der Waals surface area contributed by atoms with Crippen molar-refractivity contribution in [3.05, 3.63) is 26.0 Å². The molecule has 4 rings (SSSR count). The van der Waals surface area contributed by atoms with E-state index in [0.717, 1.165) is 32.1 Å². The maximum atomic E-state index is 14.4. The molecule has 2 saturated carbocycles. The van der Waals surface area contributed by atoms with Crippen LogP contribution in [0.4, 0.5) is 10.5 Å². The Kier molecular flexibility index (Phi) is 11.3. The molecule has 13 nitrogen and oxygen atoms in total. The minimum atomic E-state index is -1.11. The van der Waals surface area contributed by atoms with Gasteiger partial charge in [-0.2, -0.15) is 0 Å². The highest BCUT2D eigenvalue weighted by Crippen LogP contribution is 2.41. The van der Waals surface area contributed by atoms with Gasteiger partial charge in [-0.05, 0) is 60.2 Å². The number of nitrogens with one attached hydrogen (secondary N) is 4. The van der Waals surface area contributed by atoms with E-state index in [9.17, 15) is 33.6 Å². The second kappa shape index (κ2) is 14.6. The Morgan fingerprint density at radius 1 is 0.878 bits per heavy atom. The molecule has 1 aromatic carbocycles. The van der Waals surface area contributed by atoms with Gasteiger partial charge >= 0.3 is 6.03 Å². The summed E-state index contributed by atoms with van der Waals surface area (Å²) in [4.78, 5) is 92.2. The Morgan fingerprint density at radius 2 is 1.51 bits per heavy atom. The molecule has 0 spiro atoms. The summed E-state index contributed by atoms with van der Waals surface area (Å²) >= 11 is 0. The second-order valence-electron chi connectivity index (χ2n) is 17.0. The highest BCUT2D eigenvalue weighted by molar-refractivity contribution is 6.37. The van der Waals surface area contributed by atoms with Crippen molar-refractivity contribution in [1.82, 2.24) is 20.9 Å². The van der Waals surface area contributed by atoms with E-state index in [2.05, 4.69) is 21.3 Å². The zero-order chi connectivity index (χ0) is 36.6. The number of carbonyl (C=O) groups excluding carboxylic acids is 5. The summed E-state index contributed by atoms with van der Waals surface area (Å²) in [5.41, 5.74) is 4.04. The summed E-state index contributed by atoms with van der Waals surface area (Å²) in [6, 6.07) is -4.04. The number of nitrogens with zero attached hydrogens (tertiary/aromatic N) is 1. The number of Topliss-reactive ketones (excluding diaryl/α,β-unsaturated/α-hetero) is 1. The van der Waals surface area contributed by atoms with Gasteiger partial charge in [-0.25, -0.2) is 4.79 Å². The van der Waals surface area contributed by atoms with Crippen LogP contribution < -0.4 is 37.9 Å². The van der Waals surface area contributed by atoms with Gasteiger partial charge in [0.2, 0.25) is 28.5 Å². The van der Waals surface area contributed by atoms with Crippen LogP contribution in [0.2, 0.25) is 0 Å². The van der Waals surface area contributed by atoms with Crippen molar-refractivity contribution in [2.75, 3.05) is 18.4 Å². The lowest BCUT2D eigenvalue weighted by Gasteiger charge is -2.37. The predicted molar refractivity (Wildman–Crippen MR) is 187 cm³/mol. The highest BCUT2D eigenvalue weighted by Gasteiger charge is 2.46. The quantitative estimate of drug-likeness (QED) is 0.184. The lowest BCUT2D eigenvalue weighted by molar-refractivity contribution is -0.143. The number of hydrogen-bond donors (Lipinski definition) is 5. The summed E-state index contributed by atoms with van der Waals surface area (Å²) < 4.78 is 0. The lowest BCUT2D eigenvalue weighted by Crippen LogP contribution is -2.61. The Bertz CT molecular complexity index is 1510. The molecule has 0 radical (unpaired) electrons. The maximum Gasteiger partial charge on any atom is 0.315 e. The van der Waals surface area contributed by atoms with Gasteiger partial charge in [0, 0.05) is 18.7 Å². The molecule has 49 heavy (non-hydrogen) atoms. The first-order valence-corrected chi connectivity index (χ1v) is 17.8. The van der Waals surface area contributed by atoms with E-state index in [0.29, 0.717) is 30.6 Å². The minimum absolute atomic E-state index is 0.00153. The van der Waals surface area contributed by atoms with Crippen molar-refractivity contribution >= 4 is 35.2 Å². The van der Waals surface area contributed by atoms with Gasteiger partial charge in [0.15, 0.2) is 0 Å². The molecule has 6 N–H and O–H groups in total. The Balaban J connectivity index is 1.49. The van der Waals surface area contributed by atoms with Crippen LogP contribution in [-0.2, 0) is 19.2 Å². The molecular formula is C36H56N6O7. The number of amides is 5. The Labute approximate surface area is 289 Å². The SMILES string of the molecule is CC(C)[C@@H]1C[C@@H](C(=O)NC(CC2CCC2)C(=O)C(N)=O)N(C(=O)[C@@H](NC(=O)N[C@H](CNc2c(C3CC3)c(=O)c2=O)C(C)(C)C)C(C)(C)C)C1. The van der Waals surface area contributed by atoms with Crippen LogP contribution in [0.1, 0.15) is 112 Å². The molecule has 0 bridgehead atoms. The molecule has 5 atom stereocenters. The van der Waals surface area contributed by atoms with Crippen LogP contribution in [-0.4, -0.2) is 71.7 Å². The molecule has 1 aliphatic heterocycles. The molecule has 272 valence electrons. The van der Waals surface area contributed by atoms with Crippen LogP contribution >= 0.6 is 0 Å². The largest absolute Gasteiger partial charge is 0.379 e. The normalized spacial score (nSPS) is 21.9. The third kappa shape index (κ3) is 8.88. The van der Waals surface area contributed by atoms with Crippen LogP contribution in [0, 0.1) is 28.6 Å². The van der Waals surface area contributed by atoms with E-state index < -0.39 is 75.4 Å². The first kappa shape index (κ1) is 38.0. The molecule has 3 fully saturated rings. The number of carbonyl (C=O) groups is 5. The fourth-order valence-corrected chi connectivity index (χ4v) is 6.85. The van der Waals surface area contributed by atoms with Gasteiger partial charge < -0.3 is 31.9 Å². The second-order valence-corrected chi connectivity index (χ2v) is 17.0. The molecule has 1 unspecified atom stereocenters. The van der Waals surface area contributed by atoms with E-state index in [4.69, 9.17) is 5.73 Å². The van der Waals surface area contributed by atoms with Crippen LogP contribution in [0.15, 0.2) is 9.59 Å². The average molecular weight is 685 g/mol. The van der Waals surface area contributed by atoms with E-state index in [-0.39, 0.29) is 30.2 Å². The van der Waals surface area contributed by atoms with Crippen molar-refractivity contribution in [2.45, 2.75) is 130 Å². The number of hydrogen-bond acceptors (Lipinski definition) is 8. The Hall–Kier alpha value is -3.77. The number of urea groups is 1. The van der Waals surface area contributed by atoms with Crippen molar-refractivity contribution < 1.29 is 24.0 Å². The van der Waals surface area contributed by atoms with Gasteiger partial charge in [-0.1, -0.05) is 74.7 Å². The van der Waals surface area contributed by atoms with Gasteiger partial charge in [0.1, 0.15) is 12.1 Å². The van der Waals surface area contributed by atoms with Crippen molar-refractivity contribution in [2.24, 2.45) is 34.3 Å². The summed E-state index contributed by atoms with van der Waals surface area (Å²) in [5, 5.41) is 11.7. The monoisotopic (exact) mass is 684 g/mol. The predicted octanol–water partition coefficient (Wildman–Crippen LogP) is 2.30. The summed E-state index contributed by atoms with van der Waals surface area (Å²) in [5.74, 6) is -2.41. The summed E-state index contributed by atoms with van der Waals surface area (Å²) in [6.07, 6.45) is 5.31. The van der Waals surface area contributed by atoms with E-state index in [1.165, 1.54) is 4.90 Å². The standard InChI is InChI=1S/C36H56N6O7/c1-18(2)21-15-23(32(47)39-22(27(43)31(37)46)14-19-10-9-11-19)42(17-21)33(48)30(36(6,7)8)41-34(49)40-24(35(3,4)5)16-38-26-25(20-12-13-20)28(44)29(26)45/h18-24,30,38H,9-17H2,1-8H3,(H2,37,46)(H,39,47)(H2,40,41,49)/t21-,22?,23+,24-,30-/m1/s1. The number of ketones is 1. The smallest absolute Gasteiger partial charge is 0.315 e. The molecule has 2 aliphatic carbocycles. The molecule has 13 heteroatoms. The molecule has 0 aromatic heterocycles. The van der Waals surface area contributed by atoms with Crippen molar-refractivity contribution in [1.29, 1.82) is 0 Å².